The molecule has 1 N–H and O–H groups in total. The number of nitrogens with one attached hydrogen (secondary N) is 1. The van der Waals surface area contributed by atoms with E-state index in [1.807, 2.05) is 30.3 Å². The molecule has 0 aliphatic rings. The summed E-state index contributed by atoms with van der Waals surface area (Å²) in [5.74, 6) is -0.504. The summed E-state index contributed by atoms with van der Waals surface area (Å²) >= 11 is 0. The molecular weight excluding hydrogens is 438 g/mol. The van der Waals surface area contributed by atoms with Gasteiger partial charge < -0.3 is 4.42 Å². The van der Waals surface area contributed by atoms with Gasteiger partial charge in [-0.15, -0.1) is 0 Å². The first kappa shape index (κ1) is 20.7. The van der Waals surface area contributed by atoms with Crippen LogP contribution in [0.25, 0.3) is 21.7 Å². The predicted octanol–water partition coefficient (Wildman–Crippen LogP) is 4.98. The molecule has 4 aromatic carbocycles. The third-order valence-electron chi connectivity index (χ3n) is 5.34. The molecule has 0 fully saturated rings. The van der Waals surface area contributed by atoms with Gasteiger partial charge in [0.15, 0.2) is 5.78 Å². The van der Waals surface area contributed by atoms with Crippen molar-refractivity contribution >= 4 is 43.2 Å². The van der Waals surface area contributed by atoms with Gasteiger partial charge in [0.25, 0.3) is 10.0 Å². The van der Waals surface area contributed by atoms with Crippen molar-refractivity contribution in [1.29, 1.82) is 0 Å². The minimum absolute atomic E-state index is 0.0866. The molecule has 1 heterocycles. The van der Waals surface area contributed by atoms with E-state index in [-0.39, 0.29) is 16.0 Å². The maximum Gasteiger partial charge on any atom is 0.347 e. The lowest BCUT2D eigenvalue weighted by atomic mass is 10.0. The zero-order valence-electron chi connectivity index (χ0n) is 17.2. The van der Waals surface area contributed by atoms with Crippen LogP contribution in [-0.4, -0.2) is 14.2 Å². The molecule has 1 aromatic heterocycles. The third kappa shape index (κ3) is 3.90. The molecule has 0 unspecified atom stereocenters. The molecule has 0 aliphatic carbocycles. The Bertz CT molecular complexity index is 1670. The van der Waals surface area contributed by atoms with Gasteiger partial charge in [-0.25, -0.2) is 13.2 Å². The smallest absolute Gasteiger partial charge is 0.347 e. The van der Waals surface area contributed by atoms with Gasteiger partial charge in [-0.3, -0.25) is 9.52 Å². The molecule has 5 rings (SSSR count). The van der Waals surface area contributed by atoms with Gasteiger partial charge in [0.05, 0.1) is 4.90 Å². The summed E-state index contributed by atoms with van der Waals surface area (Å²) in [6.45, 7) is 0. The molecule has 162 valence electrons. The summed E-state index contributed by atoms with van der Waals surface area (Å²) in [6.07, 6.45) is 0. The average molecular weight is 455 g/mol. The Labute approximate surface area is 189 Å². The van der Waals surface area contributed by atoms with Crippen molar-refractivity contribution in [2.24, 2.45) is 0 Å². The first-order chi connectivity index (χ1) is 15.9. The number of carbonyl (C=O) groups is 1. The fourth-order valence-electron chi connectivity index (χ4n) is 3.69. The van der Waals surface area contributed by atoms with E-state index in [2.05, 4.69) is 4.72 Å². The molecule has 6 nitrogen and oxygen atoms in total. The van der Waals surface area contributed by atoms with Crippen molar-refractivity contribution in [2.75, 3.05) is 4.72 Å². The molecule has 0 amide bonds. The normalized spacial score (nSPS) is 11.5. The maximum absolute atomic E-state index is 13.1. The van der Waals surface area contributed by atoms with Crippen LogP contribution < -0.4 is 10.3 Å². The fourth-order valence-corrected chi connectivity index (χ4v) is 4.77. The second-order valence-corrected chi connectivity index (χ2v) is 9.15. The minimum Gasteiger partial charge on any atom is -0.422 e. The van der Waals surface area contributed by atoms with Crippen LogP contribution in [0.2, 0.25) is 0 Å². The number of sulfonamides is 1. The Morgan fingerprint density at radius 2 is 1.45 bits per heavy atom. The molecule has 5 aromatic rings. The van der Waals surface area contributed by atoms with E-state index >= 15 is 0 Å². The topological polar surface area (TPSA) is 93.4 Å². The molecule has 0 atom stereocenters. The van der Waals surface area contributed by atoms with Crippen LogP contribution in [0.1, 0.15) is 15.9 Å². The monoisotopic (exact) mass is 455 g/mol. The molecular formula is C26H17NO5S. The summed E-state index contributed by atoms with van der Waals surface area (Å²) < 4.78 is 32.9. The Morgan fingerprint density at radius 3 is 2.21 bits per heavy atom. The lowest BCUT2D eigenvalue weighted by Crippen LogP contribution is -2.15. The van der Waals surface area contributed by atoms with Crippen LogP contribution in [-0.2, 0) is 10.0 Å². The fraction of sp³-hybridized carbons (Fsp3) is 0. The van der Waals surface area contributed by atoms with Crippen LogP contribution in [0.5, 0.6) is 0 Å². The number of ketones is 1. The van der Waals surface area contributed by atoms with Crippen molar-refractivity contribution in [1.82, 2.24) is 0 Å². The van der Waals surface area contributed by atoms with E-state index in [0.717, 1.165) is 10.8 Å². The number of anilines is 1. The zero-order valence-corrected chi connectivity index (χ0v) is 18.0. The van der Waals surface area contributed by atoms with Gasteiger partial charge in [-0.2, -0.15) is 0 Å². The van der Waals surface area contributed by atoms with Crippen molar-refractivity contribution in [3.8, 4) is 0 Å². The molecule has 33 heavy (non-hydrogen) atoms. The van der Waals surface area contributed by atoms with Gasteiger partial charge in [0, 0.05) is 16.6 Å². The standard InChI is InChI=1S/C26H17NO5S/c28-25(18-10-13-19(14-11-18)27-33(30,31)20-7-2-1-3-8-20)23-16-22-21-9-5-4-6-17(21)12-15-24(22)32-26(23)29/h1-16,27H. The van der Waals surface area contributed by atoms with Gasteiger partial charge in [0.1, 0.15) is 11.1 Å². The van der Waals surface area contributed by atoms with Crippen molar-refractivity contribution in [2.45, 2.75) is 4.90 Å². The van der Waals surface area contributed by atoms with Gasteiger partial charge in [-0.05, 0) is 59.3 Å². The first-order valence-corrected chi connectivity index (χ1v) is 11.6. The second kappa shape index (κ2) is 8.03. The second-order valence-electron chi connectivity index (χ2n) is 7.47. The van der Waals surface area contributed by atoms with Crippen LogP contribution in [0.3, 0.4) is 0 Å². The molecule has 0 saturated heterocycles. The van der Waals surface area contributed by atoms with Crippen molar-refractivity contribution < 1.29 is 17.6 Å². The molecule has 7 heteroatoms. The van der Waals surface area contributed by atoms with Crippen molar-refractivity contribution in [3.63, 3.8) is 0 Å². The number of carbonyl (C=O) groups excluding carboxylic acids is 1. The van der Waals surface area contributed by atoms with E-state index in [4.69, 9.17) is 4.42 Å². The Balaban J connectivity index is 1.48. The van der Waals surface area contributed by atoms with Crippen LogP contribution >= 0.6 is 0 Å². The molecule has 0 spiro atoms. The minimum atomic E-state index is -3.75. The van der Waals surface area contributed by atoms with E-state index in [9.17, 15) is 18.0 Å². The summed E-state index contributed by atoms with van der Waals surface area (Å²) in [5, 5.41) is 2.51. The van der Waals surface area contributed by atoms with Gasteiger partial charge in [-0.1, -0.05) is 48.5 Å². The van der Waals surface area contributed by atoms with Gasteiger partial charge in [0.2, 0.25) is 0 Å². The Kier molecular flexibility index (Phi) is 5.03. The van der Waals surface area contributed by atoms with E-state index < -0.39 is 21.4 Å². The Morgan fingerprint density at radius 1 is 0.758 bits per heavy atom. The largest absolute Gasteiger partial charge is 0.422 e. The van der Waals surface area contributed by atoms with Crippen molar-refractivity contribution in [3.05, 3.63) is 119 Å². The summed E-state index contributed by atoms with van der Waals surface area (Å²) in [4.78, 5) is 25.7. The summed E-state index contributed by atoms with van der Waals surface area (Å²) in [7, 11) is -3.75. The van der Waals surface area contributed by atoms with E-state index in [0.29, 0.717) is 16.7 Å². The molecule has 0 bridgehead atoms. The highest BCUT2D eigenvalue weighted by molar-refractivity contribution is 7.92. The average Bonchev–Trinajstić information content (AvgIpc) is 2.84. The number of rotatable bonds is 5. The van der Waals surface area contributed by atoms with Crippen LogP contribution in [0.4, 0.5) is 5.69 Å². The SMILES string of the molecule is O=C(c1ccc(NS(=O)(=O)c2ccccc2)cc1)c1cc2c(ccc3ccccc32)oc1=O. The molecule has 0 radical (unpaired) electrons. The van der Waals surface area contributed by atoms with E-state index in [1.54, 1.807) is 30.3 Å². The van der Waals surface area contributed by atoms with Crippen LogP contribution in [0.15, 0.2) is 111 Å². The number of hydrogen-bond acceptors (Lipinski definition) is 5. The summed E-state index contributed by atoms with van der Waals surface area (Å²) in [6, 6.07) is 26.6. The first-order valence-electron chi connectivity index (χ1n) is 10.1. The van der Waals surface area contributed by atoms with E-state index in [1.165, 1.54) is 36.4 Å². The zero-order chi connectivity index (χ0) is 23.0. The lowest BCUT2D eigenvalue weighted by molar-refractivity contribution is 0.103. The lowest BCUT2D eigenvalue weighted by Gasteiger charge is -2.09. The molecule has 0 saturated carbocycles. The Hall–Kier alpha value is -4.23. The number of benzene rings is 4. The quantitative estimate of drug-likeness (QED) is 0.229. The summed E-state index contributed by atoms with van der Waals surface area (Å²) in [5.41, 5.74) is 0.130. The highest BCUT2D eigenvalue weighted by Crippen LogP contribution is 2.26. The van der Waals surface area contributed by atoms with Crippen LogP contribution in [0, 0.1) is 0 Å². The highest BCUT2D eigenvalue weighted by Gasteiger charge is 2.18. The predicted molar refractivity (Wildman–Crippen MR) is 127 cm³/mol. The highest BCUT2D eigenvalue weighted by atomic mass is 32.2. The third-order valence-corrected chi connectivity index (χ3v) is 6.74. The maximum atomic E-state index is 13.1. The molecule has 0 aliphatic heterocycles. The number of fused-ring (bicyclic) bond motifs is 3. The number of hydrogen-bond donors (Lipinski definition) is 1. The van der Waals surface area contributed by atoms with Gasteiger partial charge >= 0.3 is 5.63 Å².